The van der Waals surface area contributed by atoms with E-state index in [1.807, 2.05) is 72.0 Å². The summed E-state index contributed by atoms with van der Waals surface area (Å²) in [6.07, 6.45) is 1.95. The van der Waals surface area contributed by atoms with E-state index in [2.05, 4.69) is 28.5 Å². The highest BCUT2D eigenvalue weighted by molar-refractivity contribution is 6.62. The van der Waals surface area contributed by atoms with Crippen molar-refractivity contribution in [2.45, 2.75) is 59.7 Å². The number of hydrogen-bond donors (Lipinski definition) is 2. The van der Waals surface area contributed by atoms with Crippen molar-refractivity contribution in [1.29, 1.82) is 0 Å². The Morgan fingerprint density at radius 3 is 2.19 bits per heavy atom. The molecule has 1 aliphatic rings. The van der Waals surface area contributed by atoms with E-state index in [-0.39, 0.29) is 17.1 Å². The second-order valence-electron chi connectivity index (χ2n) is 8.29. The number of benzene rings is 2. The Balaban J connectivity index is 0.000000271. The molecule has 7 heteroatoms. The van der Waals surface area contributed by atoms with Gasteiger partial charge in [-0.15, -0.1) is 0 Å². The van der Waals surface area contributed by atoms with Gasteiger partial charge in [0.2, 0.25) is 5.91 Å². The van der Waals surface area contributed by atoms with Gasteiger partial charge < -0.3 is 24.3 Å². The standard InChI is InChI=1S/C15H22BNO4.C8H7N.C2H6/c1-10(18)17-12-8-7-11(9-13(12)19-6)16-20-14(2,3)15(4,5)21-16;1-2-4-8-7(3-1)5-6-9-8;1-2/h7-9H,1-6H3,(H,17,18);1-6,9H;1-2H3. The zero-order valence-electron chi connectivity index (χ0n) is 20.4. The van der Waals surface area contributed by atoms with E-state index in [9.17, 15) is 4.79 Å². The summed E-state index contributed by atoms with van der Waals surface area (Å²) in [7, 11) is 1.12. The second kappa shape index (κ2) is 10.7. The molecular formula is C25H35BN2O4. The smallest absolute Gasteiger partial charge is 0.494 e. The fourth-order valence-electron chi connectivity index (χ4n) is 3.12. The number of methoxy groups -OCH3 is 1. The average molecular weight is 438 g/mol. The molecule has 2 aromatic carbocycles. The van der Waals surface area contributed by atoms with Gasteiger partial charge in [0.15, 0.2) is 0 Å². The molecule has 4 rings (SSSR count). The molecule has 1 aliphatic heterocycles. The van der Waals surface area contributed by atoms with Crippen LogP contribution in [0.4, 0.5) is 5.69 Å². The Morgan fingerprint density at radius 2 is 1.62 bits per heavy atom. The highest BCUT2D eigenvalue weighted by Crippen LogP contribution is 2.37. The van der Waals surface area contributed by atoms with Crippen molar-refractivity contribution in [3.8, 4) is 5.75 Å². The number of carbonyl (C=O) groups excluding carboxylic acids is 1. The molecule has 6 nitrogen and oxygen atoms in total. The van der Waals surface area contributed by atoms with Crippen molar-refractivity contribution >= 4 is 35.1 Å². The number of hydrogen-bond acceptors (Lipinski definition) is 4. The predicted molar refractivity (Wildman–Crippen MR) is 133 cm³/mol. The number of para-hydroxylation sites is 1. The highest BCUT2D eigenvalue weighted by Gasteiger charge is 2.51. The maximum absolute atomic E-state index is 11.2. The first kappa shape index (κ1) is 25.5. The van der Waals surface area contributed by atoms with Crippen LogP contribution >= 0.6 is 0 Å². The highest BCUT2D eigenvalue weighted by atomic mass is 16.7. The molecule has 2 N–H and O–H groups in total. The molecule has 3 aromatic rings. The first-order valence-electron chi connectivity index (χ1n) is 11.0. The van der Waals surface area contributed by atoms with Crippen LogP contribution in [-0.2, 0) is 14.1 Å². The minimum Gasteiger partial charge on any atom is -0.495 e. The first-order valence-corrected chi connectivity index (χ1v) is 11.0. The van der Waals surface area contributed by atoms with E-state index in [4.69, 9.17) is 14.0 Å². The molecule has 0 radical (unpaired) electrons. The maximum Gasteiger partial charge on any atom is 0.494 e. The number of aromatic nitrogens is 1. The molecule has 1 saturated heterocycles. The maximum atomic E-state index is 11.2. The SMILES string of the molecule is CC.COc1cc(B2OC(C)(C)C(C)(C)O2)ccc1NC(C)=O.c1ccc2[nH]ccc2c1. The van der Waals surface area contributed by atoms with Gasteiger partial charge in [0.05, 0.1) is 24.0 Å². The van der Waals surface area contributed by atoms with E-state index in [1.165, 1.54) is 17.8 Å². The Hall–Kier alpha value is -2.77. The summed E-state index contributed by atoms with van der Waals surface area (Å²) in [6.45, 7) is 13.5. The third-order valence-electron chi connectivity index (χ3n) is 5.52. The third kappa shape index (κ3) is 5.93. The molecule has 0 aliphatic carbocycles. The number of H-pyrrole nitrogens is 1. The van der Waals surface area contributed by atoms with Crippen molar-refractivity contribution in [2.24, 2.45) is 0 Å². The van der Waals surface area contributed by atoms with Crippen LogP contribution in [0.5, 0.6) is 5.75 Å². The summed E-state index contributed by atoms with van der Waals surface area (Å²) in [6, 6.07) is 15.8. The average Bonchev–Trinajstić information content (AvgIpc) is 3.31. The lowest BCUT2D eigenvalue weighted by atomic mass is 9.79. The van der Waals surface area contributed by atoms with Crippen LogP contribution in [0.15, 0.2) is 54.7 Å². The quantitative estimate of drug-likeness (QED) is 0.555. The molecule has 1 aromatic heterocycles. The van der Waals surface area contributed by atoms with Crippen molar-refractivity contribution in [2.75, 3.05) is 12.4 Å². The Labute approximate surface area is 191 Å². The summed E-state index contributed by atoms with van der Waals surface area (Å²) in [4.78, 5) is 14.3. The van der Waals surface area contributed by atoms with Crippen LogP contribution < -0.4 is 15.5 Å². The predicted octanol–water partition coefficient (Wildman–Crippen LogP) is 5.15. The van der Waals surface area contributed by atoms with Crippen molar-refractivity contribution in [1.82, 2.24) is 4.98 Å². The lowest BCUT2D eigenvalue weighted by Gasteiger charge is -2.32. The van der Waals surface area contributed by atoms with Crippen LogP contribution in [0, 0.1) is 0 Å². The summed E-state index contributed by atoms with van der Waals surface area (Å²) in [5.41, 5.74) is 1.92. The van der Waals surface area contributed by atoms with E-state index in [1.54, 1.807) is 13.2 Å². The zero-order chi connectivity index (χ0) is 23.9. The molecule has 0 atom stereocenters. The van der Waals surface area contributed by atoms with E-state index in [0.29, 0.717) is 11.4 Å². The molecular weight excluding hydrogens is 403 g/mol. The zero-order valence-corrected chi connectivity index (χ0v) is 20.4. The molecule has 32 heavy (non-hydrogen) atoms. The third-order valence-corrected chi connectivity index (χ3v) is 5.52. The lowest BCUT2D eigenvalue weighted by Crippen LogP contribution is -2.41. The number of ether oxygens (including phenoxy) is 1. The van der Waals surface area contributed by atoms with Gasteiger partial charge in [0.1, 0.15) is 5.75 Å². The fraction of sp³-hybridized carbons (Fsp3) is 0.400. The number of carbonyl (C=O) groups is 1. The molecule has 172 valence electrons. The molecule has 0 unspecified atom stereocenters. The number of rotatable bonds is 3. The van der Waals surface area contributed by atoms with Crippen molar-refractivity contribution in [3.63, 3.8) is 0 Å². The van der Waals surface area contributed by atoms with E-state index in [0.717, 1.165) is 5.46 Å². The second-order valence-corrected chi connectivity index (χ2v) is 8.29. The van der Waals surface area contributed by atoms with Gasteiger partial charge in [-0.2, -0.15) is 0 Å². The van der Waals surface area contributed by atoms with Gasteiger partial charge in [-0.05, 0) is 62.8 Å². The van der Waals surface area contributed by atoms with Gasteiger partial charge in [0.25, 0.3) is 0 Å². The van der Waals surface area contributed by atoms with Gasteiger partial charge in [-0.3, -0.25) is 4.79 Å². The molecule has 0 saturated carbocycles. The minimum atomic E-state index is -0.449. The van der Waals surface area contributed by atoms with Crippen molar-refractivity contribution in [3.05, 3.63) is 54.7 Å². The number of aromatic amines is 1. The molecule has 2 heterocycles. The lowest BCUT2D eigenvalue weighted by molar-refractivity contribution is -0.114. The molecule has 1 amide bonds. The number of amides is 1. The van der Waals surface area contributed by atoms with E-state index < -0.39 is 7.12 Å². The van der Waals surface area contributed by atoms with Crippen LogP contribution in [0.25, 0.3) is 10.9 Å². The van der Waals surface area contributed by atoms with Crippen molar-refractivity contribution < 1.29 is 18.8 Å². The van der Waals surface area contributed by atoms with Crippen LogP contribution in [0.3, 0.4) is 0 Å². The number of anilines is 1. The fourth-order valence-corrected chi connectivity index (χ4v) is 3.12. The summed E-state index contributed by atoms with van der Waals surface area (Å²) < 4.78 is 17.3. The number of fused-ring (bicyclic) bond motifs is 1. The summed E-state index contributed by atoms with van der Waals surface area (Å²) in [5, 5.41) is 4.00. The molecule has 0 spiro atoms. The Bertz CT molecular complexity index is 983. The van der Waals surface area contributed by atoms with Gasteiger partial charge in [-0.1, -0.05) is 38.1 Å². The monoisotopic (exact) mass is 438 g/mol. The molecule has 1 fully saturated rings. The minimum absolute atomic E-state index is 0.142. The topological polar surface area (TPSA) is 72.6 Å². The van der Waals surface area contributed by atoms with Crippen LogP contribution in [-0.4, -0.2) is 36.3 Å². The number of nitrogens with one attached hydrogen (secondary N) is 2. The largest absolute Gasteiger partial charge is 0.495 e. The summed E-state index contributed by atoms with van der Waals surface area (Å²) in [5.74, 6) is 0.439. The van der Waals surface area contributed by atoms with E-state index >= 15 is 0 Å². The summed E-state index contributed by atoms with van der Waals surface area (Å²) >= 11 is 0. The van der Waals surface area contributed by atoms with Gasteiger partial charge in [0, 0.05) is 18.6 Å². The first-order chi connectivity index (χ1) is 15.1. The Kier molecular flexibility index (Phi) is 8.53. The van der Waals surface area contributed by atoms with Gasteiger partial charge >= 0.3 is 7.12 Å². The van der Waals surface area contributed by atoms with Gasteiger partial charge in [-0.25, -0.2) is 0 Å². The molecule has 0 bridgehead atoms. The van der Waals surface area contributed by atoms with Crippen LogP contribution in [0.1, 0.15) is 48.5 Å². The normalized spacial score (nSPS) is 15.8. The Morgan fingerprint density at radius 1 is 1.00 bits per heavy atom. The van der Waals surface area contributed by atoms with Crippen LogP contribution in [0.2, 0.25) is 0 Å².